The summed E-state index contributed by atoms with van der Waals surface area (Å²) in [6, 6.07) is 7.85. The molecule has 0 amide bonds. The zero-order chi connectivity index (χ0) is 14.4. The molecule has 0 spiro atoms. The average molecular weight is 313 g/mol. The minimum absolute atomic E-state index is 0. The third-order valence-corrected chi connectivity index (χ3v) is 2.84. The van der Waals surface area contributed by atoms with Crippen molar-refractivity contribution in [1.29, 1.82) is 0 Å². The zero-order valence-corrected chi connectivity index (χ0v) is 13.3. The highest BCUT2D eigenvalue weighted by atomic mass is 35.5. The fraction of sp³-hybridized carbons (Fsp3) is 0.400. The van der Waals surface area contributed by atoms with Crippen LogP contribution in [0.1, 0.15) is 23.9 Å². The smallest absolute Gasteiger partial charge is 0.161 e. The molecular weight excluding hydrogens is 292 g/mol. The monoisotopic (exact) mass is 312 g/mol. The second-order valence-corrected chi connectivity index (χ2v) is 4.45. The van der Waals surface area contributed by atoms with E-state index in [1.165, 1.54) is 0 Å². The van der Waals surface area contributed by atoms with E-state index in [9.17, 15) is 0 Å². The number of aromatic nitrogens is 1. The summed E-state index contributed by atoms with van der Waals surface area (Å²) in [6.45, 7) is 5.86. The van der Waals surface area contributed by atoms with Crippen LogP contribution in [0.5, 0.6) is 11.5 Å². The molecule has 0 fully saturated rings. The summed E-state index contributed by atoms with van der Waals surface area (Å²) in [5.74, 6) is 2.35. The second kappa shape index (κ2) is 8.54. The van der Waals surface area contributed by atoms with Crippen LogP contribution >= 0.6 is 12.4 Å². The average Bonchev–Trinajstić information content (AvgIpc) is 2.85. The lowest BCUT2D eigenvalue weighted by Gasteiger charge is -2.11. The van der Waals surface area contributed by atoms with Gasteiger partial charge in [0.25, 0.3) is 0 Å². The van der Waals surface area contributed by atoms with Crippen molar-refractivity contribution >= 4 is 12.4 Å². The van der Waals surface area contributed by atoms with Crippen molar-refractivity contribution in [2.24, 2.45) is 0 Å². The van der Waals surface area contributed by atoms with Gasteiger partial charge in [-0.15, -0.1) is 12.4 Å². The van der Waals surface area contributed by atoms with Gasteiger partial charge in [-0.1, -0.05) is 11.2 Å². The Morgan fingerprint density at radius 2 is 2.00 bits per heavy atom. The Hall–Kier alpha value is -1.72. The highest BCUT2D eigenvalue weighted by Crippen LogP contribution is 2.27. The fourth-order valence-electron chi connectivity index (χ4n) is 1.94. The minimum atomic E-state index is 0. The first-order valence-corrected chi connectivity index (χ1v) is 6.65. The molecule has 1 aromatic heterocycles. The number of hydrogen-bond acceptors (Lipinski definition) is 5. The van der Waals surface area contributed by atoms with E-state index in [4.69, 9.17) is 14.0 Å². The number of halogens is 1. The molecule has 2 aromatic rings. The SMILES string of the molecule is CCOc1cc(CNCc2cc(C)on2)ccc1OC.Cl. The molecule has 0 atom stereocenters. The van der Waals surface area contributed by atoms with Gasteiger partial charge in [0.1, 0.15) is 5.76 Å². The van der Waals surface area contributed by atoms with Gasteiger partial charge < -0.3 is 19.3 Å². The summed E-state index contributed by atoms with van der Waals surface area (Å²) in [5.41, 5.74) is 2.04. The predicted molar refractivity (Wildman–Crippen MR) is 83.2 cm³/mol. The van der Waals surface area contributed by atoms with Crippen molar-refractivity contribution in [3.8, 4) is 11.5 Å². The first kappa shape index (κ1) is 17.3. The standard InChI is InChI=1S/C15H20N2O3.ClH/c1-4-19-15-8-12(5-6-14(15)18-3)9-16-10-13-7-11(2)20-17-13;/h5-8,16H,4,9-10H2,1-3H3;1H. The van der Waals surface area contributed by atoms with E-state index in [-0.39, 0.29) is 12.4 Å². The molecule has 21 heavy (non-hydrogen) atoms. The molecule has 0 aliphatic carbocycles. The summed E-state index contributed by atoms with van der Waals surface area (Å²) < 4.78 is 15.8. The molecule has 0 bridgehead atoms. The maximum absolute atomic E-state index is 5.56. The number of nitrogens with one attached hydrogen (secondary N) is 1. The van der Waals surface area contributed by atoms with Crippen LogP contribution in [-0.4, -0.2) is 18.9 Å². The largest absolute Gasteiger partial charge is 0.493 e. The van der Waals surface area contributed by atoms with Crippen molar-refractivity contribution in [1.82, 2.24) is 10.5 Å². The van der Waals surface area contributed by atoms with E-state index < -0.39 is 0 Å². The second-order valence-electron chi connectivity index (χ2n) is 4.45. The lowest BCUT2D eigenvalue weighted by molar-refractivity contribution is 0.310. The van der Waals surface area contributed by atoms with Crippen LogP contribution in [0.25, 0.3) is 0 Å². The molecule has 0 aliphatic rings. The van der Waals surface area contributed by atoms with Crippen LogP contribution in [0.3, 0.4) is 0 Å². The van der Waals surface area contributed by atoms with Gasteiger partial charge in [0, 0.05) is 19.2 Å². The Kier molecular flexibility index (Phi) is 7.05. The molecule has 1 heterocycles. The maximum Gasteiger partial charge on any atom is 0.161 e. The molecule has 6 heteroatoms. The quantitative estimate of drug-likeness (QED) is 0.851. The Balaban J connectivity index is 0.00000220. The van der Waals surface area contributed by atoms with Crippen LogP contribution in [0, 0.1) is 6.92 Å². The lowest BCUT2D eigenvalue weighted by Crippen LogP contribution is -2.13. The highest BCUT2D eigenvalue weighted by molar-refractivity contribution is 5.85. The highest BCUT2D eigenvalue weighted by Gasteiger charge is 2.05. The minimum Gasteiger partial charge on any atom is -0.493 e. The predicted octanol–water partition coefficient (Wildman–Crippen LogP) is 3.10. The Bertz CT molecular complexity index is 558. The number of ether oxygens (including phenoxy) is 2. The third kappa shape index (κ3) is 4.95. The summed E-state index contributed by atoms with van der Waals surface area (Å²) in [5, 5.41) is 7.26. The topological polar surface area (TPSA) is 56.5 Å². The molecule has 2 rings (SSSR count). The molecule has 0 saturated carbocycles. The van der Waals surface area contributed by atoms with Crippen molar-refractivity contribution in [2.45, 2.75) is 26.9 Å². The Morgan fingerprint density at radius 1 is 1.19 bits per heavy atom. The fourth-order valence-corrected chi connectivity index (χ4v) is 1.94. The molecule has 0 saturated heterocycles. The summed E-state index contributed by atoms with van der Waals surface area (Å²) >= 11 is 0. The van der Waals surface area contributed by atoms with E-state index >= 15 is 0 Å². The van der Waals surface area contributed by atoms with Crippen LogP contribution in [0.15, 0.2) is 28.8 Å². The number of methoxy groups -OCH3 is 1. The first-order chi connectivity index (χ1) is 9.72. The molecule has 5 nitrogen and oxygen atoms in total. The molecular formula is C15H21ClN2O3. The molecule has 0 unspecified atom stereocenters. The lowest BCUT2D eigenvalue weighted by atomic mass is 10.2. The molecule has 116 valence electrons. The van der Waals surface area contributed by atoms with E-state index in [1.54, 1.807) is 7.11 Å². The van der Waals surface area contributed by atoms with Crippen molar-refractivity contribution in [3.05, 3.63) is 41.3 Å². The van der Waals surface area contributed by atoms with Crippen LogP contribution < -0.4 is 14.8 Å². The van der Waals surface area contributed by atoms with E-state index in [0.717, 1.165) is 35.1 Å². The normalized spacial score (nSPS) is 10.0. The first-order valence-electron chi connectivity index (χ1n) is 6.65. The van der Waals surface area contributed by atoms with Gasteiger partial charge in [-0.25, -0.2) is 0 Å². The number of rotatable bonds is 7. The van der Waals surface area contributed by atoms with Gasteiger partial charge in [0.2, 0.25) is 0 Å². The summed E-state index contributed by atoms with van der Waals surface area (Å²) in [7, 11) is 1.64. The van der Waals surface area contributed by atoms with Crippen molar-refractivity contribution < 1.29 is 14.0 Å². The Morgan fingerprint density at radius 3 is 2.62 bits per heavy atom. The van der Waals surface area contributed by atoms with E-state index in [1.807, 2.05) is 38.1 Å². The van der Waals surface area contributed by atoms with Crippen molar-refractivity contribution in [3.63, 3.8) is 0 Å². The maximum atomic E-state index is 5.56. The summed E-state index contributed by atoms with van der Waals surface area (Å²) in [4.78, 5) is 0. The van der Waals surface area contributed by atoms with E-state index in [0.29, 0.717) is 13.2 Å². The van der Waals surface area contributed by atoms with Crippen LogP contribution in [0.4, 0.5) is 0 Å². The Labute approximate surface area is 131 Å². The van der Waals surface area contributed by atoms with Crippen LogP contribution in [0.2, 0.25) is 0 Å². The third-order valence-electron chi connectivity index (χ3n) is 2.84. The van der Waals surface area contributed by atoms with Gasteiger partial charge in [0.05, 0.1) is 19.4 Å². The molecule has 1 aromatic carbocycles. The zero-order valence-electron chi connectivity index (χ0n) is 12.5. The number of benzene rings is 1. The van der Waals surface area contributed by atoms with Crippen LogP contribution in [-0.2, 0) is 13.1 Å². The number of aryl methyl sites for hydroxylation is 1. The van der Waals surface area contributed by atoms with Crippen molar-refractivity contribution in [2.75, 3.05) is 13.7 Å². The molecule has 0 aliphatic heterocycles. The molecule has 0 radical (unpaired) electrons. The van der Waals surface area contributed by atoms with Gasteiger partial charge in [-0.05, 0) is 31.5 Å². The van der Waals surface area contributed by atoms with E-state index in [2.05, 4.69) is 10.5 Å². The van der Waals surface area contributed by atoms with Gasteiger partial charge >= 0.3 is 0 Å². The summed E-state index contributed by atoms with van der Waals surface area (Å²) in [6.07, 6.45) is 0. The van der Waals surface area contributed by atoms with Gasteiger partial charge in [-0.3, -0.25) is 0 Å². The number of hydrogen-bond donors (Lipinski definition) is 1. The number of nitrogens with zero attached hydrogens (tertiary/aromatic N) is 1. The van der Waals surface area contributed by atoms with Gasteiger partial charge in [0.15, 0.2) is 11.5 Å². The van der Waals surface area contributed by atoms with Gasteiger partial charge in [-0.2, -0.15) is 0 Å². The molecule has 1 N–H and O–H groups in total.